The number of benzene rings is 2. The van der Waals surface area contributed by atoms with Crippen molar-refractivity contribution >= 4 is 23.8 Å². The lowest BCUT2D eigenvalue weighted by Gasteiger charge is -2.11. The molecule has 1 aromatic heterocycles. The van der Waals surface area contributed by atoms with Crippen LogP contribution in [0.4, 0.5) is 16.2 Å². The van der Waals surface area contributed by atoms with Crippen molar-refractivity contribution in [2.24, 2.45) is 0 Å². The average Bonchev–Trinajstić information content (AvgIpc) is 3.21. The number of carbonyl (C=O) groups excluding carboxylic acids is 2. The van der Waals surface area contributed by atoms with Crippen molar-refractivity contribution in [2.45, 2.75) is 6.54 Å². The third kappa shape index (κ3) is 4.63. The molecule has 3 amide bonds. The highest BCUT2D eigenvalue weighted by Gasteiger charge is 2.11. The van der Waals surface area contributed by atoms with Crippen LogP contribution in [-0.4, -0.2) is 24.5 Å². The van der Waals surface area contributed by atoms with Gasteiger partial charge >= 0.3 is 6.03 Å². The first-order valence-corrected chi connectivity index (χ1v) is 8.10. The number of amides is 3. The Bertz CT molecular complexity index is 925. The molecule has 0 unspecified atom stereocenters. The normalized spacial score (nSPS) is 10.1. The van der Waals surface area contributed by atoms with Gasteiger partial charge < -0.3 is 25.1 Å². The number of oxazole rings is 1. The second kappa shape index (κ2) is 8.52. The number of hydrogen-bond acceptors (Lipinski definition) is 5. The van der Waals surface area contributed by atoms with Crippen molar-refractivity contribution in [3.05, 3.63) is 60.6 Å². The third-order valence-corrected chi connectivity index (χ3v) is 3.73. The fraction of sp³-hybridized carbons (Fsp3) is 0.105. The highest BCUT2D eigenvalue weighted by Crippen LogP contribution is 2.32. The molecule has 0 saturated heterocycles. The Hall–Kier alpha value is -3.81. The van der Waals surface area contributed by atoms with E-state index in [-0.39, 0.29) is 0 Å². The van der Waals surface area contributed by atoms with Gasteiger partial charge in [-0.05, 0) is 29.8 Å². The Kier molecular flexibility index (Phi) is 5.68. The van der Waals surface area contributed by atoms with Gasteiger partial charge in [-0.15, -0.1) is 0 Å². The Labute approximate surface area is 155 Å². The van der Waals surface area contributed by atoms with E-state index >= 15 is 0 Å². The number of aromatic nitrogens is 1. The summed E-state index contributed by atoms with van der Waals surface area (Å²) in [7, 11) is 1.54. The summed E-state index contributed by atoms with van der Waals surface area (Å²) in [6, 6.07) is 12.0. The maximum Gasteiger partial charge on any atom is 0.323 e. The third-order valence-electron chi connectivity index (χ3n) is 3.73. The van der Waals surface area contributed by atoms with Gasteiger partial charge in [-0.25, -0.2) is 9.78 Å². The predicted octanol–water partition coefficient (Wildman–Crippen LogP) is 3.24. The minimum Gasteiger partial charge on any atom is -0.496 e. The van der Waals surface area contributed by atoms with Crippen molar-refractivity contribution in [1.82, 2.24) is 10.3 Å². The number of ether oxygens (including phenoxy) is 1. The molecule has 1 heterocycles. The lowest BCUT2D eigenvalue weighted by molar-refractivity contribution is -0.109. The molecule has 0 fully saturated rings. The molecule has 0 aliphatic rings. The number of rotatable bonds is 7. The second-order valence-corrected chi connectivity index (χ2v) is 5.56. The van der Waals surface area contributed by atoms with Crippen molar-refractivity contribution in [3.63, 3.8) is 0 Å². The summed E-state index contributed by atoms with van der Waals surface area (Å²) in [5, 5.41) is 8.08. The van der Waals surface area contributed by atoms with E-state index in [1.54, 1.807) is 42.6 Å². The minimum absolute atomic E-state index is 0.390. The zero-order chi connectivity index (χ0) is 19.1. The molecule has 8 nitrogen and oxygen atoms in total. The Morgan fingerprint density at radius 3 is 2.70 bits per heavy atom. The monoisotopic (exact) mass is 366 g/mol. The Morgan fingerprint density at radius 2 is 2.00 bits per heavy atom. The highest BCUT2D eigenvalue weighted by molar-refractivity contribution is 6.00. The van der Waals surface area contributed by atoms with Crippen LogP contribution < -0.4 is 20.7 Å². The van der Waals surface area contributed by atoms with E-state index in [1.807, 2.05) is 6.07 Å². The van der Waals surface area contributed by atoms with E-state index in [0.29, 0.717) is 35.8 Å². The molecule has 0 bridgehead atoms. The molecule has 0 aliphatic heterocycles. The molecule has 138 valence electrons. The van der Waals surface area contributed by atoms with Crippen LogP contribution in [0, 0.1) is 0 Å². The molecule has 2 aromatic carbocycles. The van der Waals surface area contributed by atoms with Crippen LogP contribution in [0.5, 0.6) is 5.75 Å². The van der Waals surface area contributed by atoms with Gasteiger partial charge in [0.2, 0.25) is 6.41 Å². The van der Waals surface area contributed by atoms with Gasteiger partial charge in [-0.2, -0.15) is 0 Å². The summed E-state index contributed by atoms with van der Waals surface area (Å²) >= 11 is 0. The van der Waals surface area contributed by atoms with E-state index in [0.717, 1.165) is 11.1 Å². The van der Waals surface area contributed by atoms with Crippen molar-refractivity contribution in [3.8, 4) is 17.1 Å². The number of hydrogen-bond donors (Lipinski definition) is 3. The quantitative estimate of drug-likeness (QED) is 0.557. The fourth-order valence-electron chi connectivity index (χ4n) is 2.53. The van der Waals surface area contributed by atoms with Gasteiger partial charge in [-0.1, -0.05) is 12.1 Å². The molecule has 0 spiro atoms. The van der Waals surface area contributed by atoms with Crippen LogP contribution >= 0.6 is 0 Å². The lowest BCUT2D eigenvalue weighted by Crippen LogP contribution is -2.19. The van der Waals surface area contributed by atoms with Crippen LogP contribution in [-0.2, 0) is 11.3 Å². The Balaban J connectivity index is 1.68. The minimum atomic E-state index is -0.398. The molecule has 0 radical (unpaired) electrons. The van der Waals surface area contributed by atoms with Crippen LogP contribution in [0.25, 0.3) is 11.3 Å². The first-order valence-electron chi connectivity index (χ1n) is 8.10. The van der Waals surface area contributed by atoms with E-state index < -0.39 is 6.03 Å². The standard InChI is InChI=1S/C19H18N4O4/c1-26-17-8-15(5-6-16(17)18-10-21-12-27-18)23-19(25)22-14-4-2-3-13(7-14)9-20-11-24/h2-8,10-12H,9H2,1H3,(H,20,24)(H2,22,23,25). The first-order chi connectivity index (χ1) is 13.2. The maximum atomic E-state index is 12.3. The smallest absolute Gasteiger partial charge is 0.323 e. The number of anilines is 2. The number of methoxy groups -OCH3 is 1. The van der Waals surface area contributed by atoms with Gasteiger partial charge in [0, 0.05) is 24.0 Å². The van der Waals surface area contributed by atoms with E-state index in [2.05, 4.69) is 20.9 Å². The fourth-order valence-corrected chi connectivity index (χ4v) is 2.53. The summed E-state index contributed by atoms with van der Waals surface area (Å²) < 4.78 is 10.7. The molecule has 3 aromatic rings. The zero-order valence-corrected chi connectivity index (χ0v) is 14.6. The van der Waals surface area contributed by atoms with Crippen LogP contribution in [0.3, 0.4) is 0 Å². The number of carbonyl (C=O) groups is 2. The van der Waals surface area contributed by atoms with E-state index in [9.17, 15) is 9.59 Å². The van der Waals surface area contributed by atoms with Gasteiger partial charge in [0.1, 0.15) is 5.75 Å². The van der Waals surface area contributed by atoms with Crippen molar-refractivity contribution < 1.29 is 18.7 Å². The first kappa shape index (κ1) is 18.0. The second-order valence-electron chi connectivity index (χ2n) is 5.56. The van der Waals surface area contributed by atoms with Gasteiger partial charge in [-0.3, -0.25) is 4.79 Å². The predicted molar refractivity (Wildman–Crippen MR) is 100 cm³/mol. The van der Waals surface area contributed by atoms with E-state index in [4.69, 9.17) is 9.15 Å². The molecular weight excluding hydrogens is 348 g/mol. The summed E-state index contributed by atoms with van der Waals surface area (Å²) in [6.45, 7) is 0.390. The summed E-state index contributed by atoms with van der Waals surface area (Å²) in [5.74, 6) is 1.12. The molecule has 3 N–H and O–H groups in total. The number of nitrogens with one attached hydrogen (secondary N) is 3. The van der Waals surface area contributed by atoms with Gasteiger partial charge in [0.25, 0.3) is 0 Å². The van der Waals surface area contributed by atoms with Crippen molar-refractivity contribution in [2.75, 3.05) is 17.7 Å². The SMILES string of the molecule is COc1cc(NC(=O)Nc2cccc(CNC=O)c2)ccc1-c1cnco1. The van der Waals surface area contributed by atoms with Crippen LogP contribution in [0.1, 0.15) is 5.56 Å². The lowest BCUT2D eigenvalue weighted by atomic mass is 10.1. The number of nitrogens with zero attached hydrogens (tertiary/aromatic N) is 1. The van der Waals surface area contributed by atoms with Crippen molar-refractivity contribution in [1.29, 1.82) is 0 Å². The molecule has 0 aliphatic carbocycles. The van der Waals surface area contributed by atoms with Gasteiger partial charge in [0.15, 0.2) is 12.2 Å². The largest absolute Gasteiger partial charge is 0.496 e. The summed E-state index contributed by atoms with van der Waals surface area (Å²) in [4.78, 5) is 26.5. The topological polar surface area (TPSA) is 105 Å². The number of urea groups is 1. The zero-order valence-electron chi connectivity index (χ0n) is 14.6. The molecule has 27 heavy (non-hydrogen) atoms. The molecule has 0 saturated carbocycles. The van der Waals surface area contributed by atoms with E-state index in [1.165, 1.54) is 13.5 Å². The molecular formula is C19H18N4O4. The van der Waals surface area contributed by atoms with Gasteiger partial charge in [0.05, 0.1) is 18.9 Å². The summed E-state index contributed by atoms with van der Waals surface area (Å²) in [5.41, 5.74) is 2.78. The molecule has 8 heteroatoms. The molecule has 0 atom stereocenters. The maximum absolute atomic E-state index is 12.3. The summed E-state index contributed by atoms with van der Waals surface area (Å²) in [6.07, 6.45) is 3.56. The average molecular weight is 366 g/mol. The highest BCUT2D eigenvalue weighted by atomic mass is 16.5. The Morgan fingerprint density at radius 1 is 1.19 bits per heavy atom. The van der Waals surface area contributed by atoms with Crippen LogP contribution in [0.15, 0.2) is 59.5 Å². The molecule has 3 rings (SSSR count). The van der Waals surface area contributed by atoms with Crippen LogP contribution in [0.2, 0.25) is 0 Å².